The Morgan fingerprint density at radius 1 is 1.31 bits per heavy atom. The van der Waals surface area contributed by atoms with E-state index >= 15 is 0 Å². The number of hydrogen-bond acceptors (Lipinski definition) is 5. The number of sulfonamides is 1. The molecule has 0 fully saturated rings. The van der Waals surface area contributed by atoms with Crippen molar-refractivity contribution in [2.75, 3.05) is 40.4 Å². The van der Waals surface area contributed by atoms with Crippen molar-refractivity contribution < 1.29 is 13.2 Å². The van der Waals surface area contributed by atoms with Crippen LogP contribution in [0.2, 0.25) is 0 Å². The minimum Gasteiger partial charge on any atom is -0.381 e. The van der Waals surface area contributed by atoms with Gasteiger partial charge in [0.1, 0.15) is 4.21 Å². The second-order valence-corrected chi connectivity index (χ2v) is 10.00. The molecule has 0 saturated carbocycles. The number of nitrogens with one attached hydrogen (secondary N) is 2. The van der Waals surface area contributed by atoms with Crippen LogP contribution in [-0.2, 0) is 21.3 Å². The fourth-order valence-corrected chi connectivity index (χ4v) is 4.41. The Balaban J connectivity index is 2.52. The van der Waals surface area contributed by atoms with Crippen molar-refractivity contribution in [3.05, 3.63) is 17.0 Å². The molecule has 1 heterocycles. The van der Waals surface area contributed by atoms with Gasteiger partial charge in [-0.05, 0) is 31.4 Å². The normalized spacial score (nSPS) is 12.8. The Hall–Kier alpha value is -1.16. The fourth-order valence-electron chi connectivity index (χ4n) is 1.96. The molecule has 0 unspecified atom stereocenters. The van der Waals surface area contributed by atoms with Crippen LogP contribution in [-0.4, -0.2) is 59.1 Å². The van der Waals surface area contributed by atoms with Crippen molar-refractivity contribution in [3.63, 3.8) is 0 Å². The lowest BCUT2D eigenvalue weighted by molar-refractivity contribution is 0.108. The van der Waals surface area contributed by atoms with E-state index in [2.05, 4.69) is 29.5 Å². The fraction of sp³-hybridized carbons (Fsp3) is 0.706. The molecule has 26 heavy (non-hydrogen) atoms. The van der Waals surface area contributed by atoms with Gasteiger partial charge >= 0.3 is 0 Å². The lowest BCUT2D eigenvalue weighted by atomic mass is 10.2. The van der Waals surface area contributed by atoms with Gasteiger partial charge in [0, 0.05) is 45.3 Å². The van der Waals surface area contributed by atoms with Crippen molar-refractivity contribution in [1.82, 2.24) is 14.9 Å². The Morgan fingerprint density at radius 2 is 2.04 bits per heavy atom. The molecule has 1 rings (SSSR count). The molecule has 0 aromatic carbocycles. The average molecular weight is 405 g/mol. The zero-order valence-corrected chi connectivity index (χ0v) is 18.0. The topological polar surface area (TPSA) is 83.0 Å². The standard InChI is InChI=1S/C17H32N4O3S2/c1-6-18-17(19-10-7-11-24-13-14(2)3)20-12-15-8-9-16(25-15)26(22,23)21(4)5/h8-9,14H,6-7,10-13H2,1-5H3,(H2,18,19,20). The van der Waals surface area contributed by atoms with E-state index in [1.807, 2.05) is 13.0 Å². The second kappa shape index (κ2) is 11.5. The van der Waals surface area contributed by atoms with Gasteiger partial charge in [-0.2, -0.15) is 0 Å². The van der Waals surface area contributed by atoms with E-state index in [0.29, 0.717) is 16.7 Å². The van der Waals surface area contributed by atoms with Gasteiger partial charge in [0.05, 0.1) is 6.54 Å². The Morgan fingerprint density at radius 3 is 2.65 bits per heavy atom. The Bertz CT molecular complexity index is 655. The van der Waals surface area contributed by atoms with Gasteiger partial charge < -0.3 is 15.4 Å². The van der Waals surface area contributed by atoms with E-state index in [0.717, 1.165) is 43.6 Å². The molecular weight excluding hydrogens is 372 g/mol. The molecule has 0 radical (unpaired) electrons. The molecule has 2 N–H and O–H groups in total. The summed E-state index contributed by atoms with van der Waals surface area (Å²) in [6.07, 6.45) is 0.904. The van der Waals surface area contributed by atoms with Gasteiger partial charge in [-0.15, -0.1) is 11.3 Å². The Kier molecular flexibility index (Phi) is 10.1. The lowest BCUT2D eigenvalue weighted by Gasteiger charge is -2.11. The van der Waals surface area contributed by atoms with Crippen LogP contribution in [0.4, 0.5) is 0 Å². The molecule has 0 spiro atoms. The first kappa shape index (κ1) is 22.9. The number of aliphatic imine (C=N–C) groups is 1. The molecule has 0 bridgehead atoms. The molecule has 0 amide bonds. The van der Waals surface area contributed by atoms with E-state index in [1.54, 1.807) is 6.07 Å². The maximum Gasteiger partial charge on any atom is 0.252 e. The third-order valence-electron chi connectivity index (χ3n) is 3.32. The van der Waals surface area contributed by atoms with Crippen molar-refractivity contribution >= 4 is 27.3 Å². The predicted molar refractivity (Wildman–Crippen MR) is 108 cm³/mol. The number of ether oxygens (including phenoxy) is 1. The number of nitrogens with zero attached hydrogens (tertiary/aromatic N) is 2. The summed E-state index contributed by atoms with van der Waals surface area (Å²) in [7, 11) is -0.311. The summed E-state index contributed by atoms with van der Waals surface area (Å²) >= 11 is 1.25. The summed E-state index contributed by atoms with van der Waals surface area (Å²) in [4.78, 5) is 5.43. The summed E-state index contributed by atoms with van der Waals surface area (Å²) in [5.74, 6) is 1.27. The second-order valence-electron chi connectivity index (χ2n) is 6.45. The predicted octanol–water partition coefficient (Wildman–Crippen LogP) is 2.12. The summed E-state index contributed by atoms with van der Waals surface area (Å²) < 4.78 is 31.4. The molecule has 0 aliphatic rings. The van der Waals surface area contributed by atoms with E-state index in [9.17, 15) is 8.42 Å². The minimum absolute atomic E-state index is 0.341. The van der Waals surface area contributed by atoms with E-state index in [4.69, 9.17) is 4.74 Å². The molecule has 0 aliphatic carbocycles. The van der Waals surface area contributed by atoms with Crippen molar-refractivity contribution in [2.24, 2.45) is 10.9 Å². The van der Waals surface area contributed by atoms with Crippen LogP contribution in [0.25, 0.3) is 0 Å². The van der Waals surface area contributed by atoms with Crippen LogP contribution in [0.15, 0.2) is 21.3 Å². The van der Waals surface area contributed by atoms with Gasteiger partial charge in [-0.25, -0.2) is 17.7 Å². The highest BCUT2D eigenvalue weighted by atomic mass is 32.2. The zero-order valence-electron chi connectivity index (χ0n) is 16.4. The first-order valence-electron chi connectivity index (χ1n) is 8.88. The van der Waals surface area contributed by atoms with Crippen LogP contribution in [0.3, 0.4) is 0 Å². The largest absolute Gasteiger partial charge is 0.381 e. The van der Waals surface area contributed by atoms with Crippen LogP contribution in [0.5, 0.6) is 0 Å². The first-order chi connectivity index (χ1) is 12.3. The molecular formula is C17H32N4O3S2. The highest BCUT2D eigenvalue weighted by Crippen LogP contribution is 2.24. The van der Waals surface area contributed by atoms with E-state index in [-0.39, 0.29) is 0 Å². The molecule has 7 nitrogen and oxygen atoms in total. The maximum atomic E-state index is 12.1. The summed E-state index contributed by atoms with van der Waals surface area (Å²) in [5.41, 5.74) is 0. The molecule has 9 heteroatoms. The van der Waals surface area contributed by atoms with E-state index < -0.39 is 10.0 Å². The zero-order chi connectivity index (χ0) is 19.6. The maximum absolute atomic E-state index is 12.1. The molecule has 0 saturated heterocycles. The smallest absolute Gasteiger partial charge is 0.252 e. The summed E-state index contributed by atoms with van der Waals surface area (Å²) in [5, 5.41) is 6.46. The van der Waals surface area contributed by atoms with Crippen molar-refractivity contribution in [3.8, 4) is 0 Å². The van der Waals surface area contributed by atoms with Gasteiger partial charge in [-0.1, -0.05) is 13.8 Å². The first-order valence-corrected chi connectivity index (χ1v) is 11.1. The molecule has 0 atom stereocenters. The van der Waals surface area contributed by atoms with Gasteiger partial charge in [0.25, 0.3) is 10.0 Å². The number of hydrogen-bond donors (Lipinski definition) is 2. The molecule has 0 aliphatic heterocycles. The number of guanidine groups is 1. The summed E-state index contributed by atoms with van der Waals surface area (Å²) in [6.45, 7) is 9.76. The van der Waals surface area contributed by atoms with Crippen LogP contribution in [0, 0.1) is 5.92 Å². The molecule has 1 aromatic heterocycles. The van der Waals surface area contributed by atoms with Crippen molar-refractivity contribution in [2.45, 2.75) is 37.9 Å². The molecule has 1 aromatic rings. The lowest BCUT2D eigenvalue weighted by Crippen LogP contribution is -2.38. The monoisotopic (exact) mass is 404 g/mol. The molecule has 150 valence electrons. The number of thiophene rings is 1. The quantitative estimate of drug-likeness (QED) is 0.335. The van der Waals surface area contributed by atoms with E-state index in [1.165, 1.54) is 29.7 Å². The van der Waals surface area contributed by atoms with Gasteiger partial charge in [0.15, 0.2) is 5.96 Å². The minimum atomic E-state index is -3.38. The van der Waals surface area contributed by atoms with Crippen LogP contribution >= 0.6 is 11.3 Å². The third-order valence-corrected chi connectivity index (χ3v) is 6.67. The van der Waals surface area contributed by atoms with Crippen LogP contribution in [0.1, 0.15) is 32.1 Å². The SMILES string of the molecule is CCNC(=NCc1ccc(S(=O)(=O)N(C)C)s1)NCCCOCC(C)C. The van der Waals surface area contributed by atoms with Gasteiger partial charge in [-0.3, -0.25) is 0 Å². The summed E-state index contributed by atoms with van der Waals surface area (Å²) in [6, 6.07) is 3.45. The average Bonchev–Trinajstić information content (AvgIpc) is 3.05. The van der Waals surface area contributed by atoms with Gasteiger partial charge in [0.2, 0.25) is 0 Å². The van der Waals surface area contributed by atoms with Crippen LogP contribution < -0.4 is 10.6 Å². The van der Waals surface area contributed by atoms with Crippen molar-refractivity contribution in [1.29, 1.82) is 0 Å². The number of rotatable bonds is 11. The third kappa shape index (κ3) is 8.03. The Labute approximate surface area is 161 Å². The highest BCUT2D eigenvalue weighted by molar-refractivity contribution is 7.91. The highest BCUT2D eigenvalue weighted by Gasteiger charge is 2.19.